The molecule has 1 saturated heterocycles. The molecule has 1 aliphatic heterocycles. The van der Waals surface area contributed by atoms with E-state index in [4.69, 9.17) is 0 Å². The van der Waals surface area contributed by atoms with E-state index in [0.29, 0.717) is 0 Å². The molecule has 100 valence electrons. The molecule has 0 aromatic carbocycles. The molecule has 0 bridgehead atoms. The summed E-state index contributed by atoms with van der Waals surface area (Å²) in [5.41, 5.74) is 0. The molecule has 0 amide bonds. The summed E-state index contributed by atoms with van der Waals surface area (Å²) in [6, 6.07) is 0. The van der Waals surface area contributed by atoms with Crippen molar-refractivity contribution in [1.29, 1.82) is 0 Å². The van der Waals surface area contributed by atoms with Crippen LogP contribution in [0, 0.1) is 18.8 Å². The van der Waals surface area contributed by atoms with Crippen LogP contribution < -0.4 is 5.32 Å². The maximum Gasteiger partial charge on any atom is 0.133 e. The third-order valence-electron chi connectivity index (χ3n) is 4.32. The Morgan fingerprint density at radius 3 is 2.83 bits per heavy atom. The third-order valence-corrected chi connectivity index (χ3v) is 4.32. The molecule has 1 aromatic heterocycles. The van der Waals surface area contributed by atoms with Crippen molar-refractivity contribution in [3.05, 3.63) is 11.6 Å². The van der Waals surface area contributed by atoms with Gasteiger partial charge in [-0.15, -0.1) is 10.2 Å². The van der Waals surface area contributed by atoms with E-state index in [1.54, 1.807) is 0 Å². The predicted octanol–water partition coefficient (Wildman–Crippen LogP) is 1.93. The lowest BCUT2D eigenvalue weighted by Crippen LogP contribution is -2.16. The molecule has 0 spiro atoms. The van der Waals surface area contributed by atoms with Gasteiger partial charge in [-0.1, -0.05) is 0 Å². The average molecular weight is 248 g/mol. The fourth-order valence-electron chi connectivity index (χ4n) is 2.93. The molecule has 1 N–H and O–H groups in total. The lowest BCUT2D eigenvalue weighted by molar-refractivity contribution is 0.443. The largest absolute Gasteiger partial charge is 0.317 e. The average Bonchev–Trinajstić information content (AvgIpc) is 3.14. The SMILES string of the molecule is Cc1nnc(CC2CCCNCC2)n1CC1CC1. The molecule has 4 heteroatoms. The molecular weight excluding hydrogens is 224 g/mol. The maximum atomic E-state index is 4.41. The van der Waals surface area contributed by atoms with Crippen LogP contribution in [0.25, 0.3) is 0 Å². The van der Waals surface area contributed by atoms with Crippen molar-refractivity contribution in [3.8, 4) is 0 Å². The second-order valence-electron chi connectivity index (χ2n) is 5.97. The molecule has 4 nitrogen and oxygen atoms in total. The fourth-order valence-corrected chi connectivity index (χ4v) is 2.93. The topological polar surface area (TPSA) is 42.7 Å². The lowest BCUT2D eigenvalue weighted by atomic mass is 9.96. The summed E-state index contributed by atoms with van der Waals surface area (Å²) in [5, 5.41) is 12.2. The van der Waals surface area contributed by atoms with Crippen LogP contribution in [0.3, 0.4) is 0 Å². The Morgan fingerprint density at radius 2 is 2.00 bits per heavy atom. The van der Waals surface area contributed by atoms with Gasteiger partial charge in [0.1, 0.15) is 11.6 Å². The number of nitrogens with one attached hydrogen (secondary N) is 1. The van der Waals surface area contributed by atoms with Crippen molar-refractivity contribution >= 4 is 0 Å². The van der Waals surface area contributed by atoms with Crippen molar-refractivity contribution in [3.63, 3.8) is 0 Å². The van der Waals surface area contributed by atoms with Gasteiger partial charge in [0.2, 0.25) is 0 Å². The third kappa shape index (κ3) is 2.91. The normalized spacial score (nSPS) is 25.1. The van der Waals surface area contributed by atoms with Gasteiger partial charge in [0, 0.05) is 13.0 Å². The van der Waals surface area contributed by atoms with E-state index in [9.17, 15) is 0 Å². The standard InChI is InChI=1S/C14H24N4/c1-11-16-17-14(18(11)10-13-4-5-13)9-12-3-2-7-15-8-6-12/h12-13,15H,2-10H2,1H3. The zero-order valence-electron chi connectivity index (χ0n) is 11.4. The first-order chi connectivity index (χ1) is 8.83. The van der Waals surface area contributed by atoms with Gasteiger partial charge in [0.05, 0.1) is 0 Å². The summed E-state index contributed by atoms with van der Waals surface area (Å²) in [6.45, 7) is 5.59. The first kappa shape index (κ1) is 12.2. The van der Waals surface area contributed by atoms with Gasteiger partial charge in [-0.2, -0.15) is 0 Å². The maximum absolute atomic E-state index is 4.41. The summed E-state index contributed by atoms with van der Waals surface area (Å²) in [4.78, 5) is 0. The summed E-state index contributed by atoms with van der Waals surface area (Å²) in [6.07, 6.45) is 7.84. The van der Waals surface area contributed by atoms with Gasteiger partial charge < -0.3 is 9.88 Å². The van der Waals surface area contributed by atoms with Gasteiger partial charge >= 0.3 is 0 Å². The lowest BCUT2D eigenvalue weighted by Gasteiger charge is -2.14. The van der Waals surface area contributed by atoms with E-state index in [1.165, 1.54) is 51.0 Å². The van der Waals surface area contributed by atoms with E-state index in [-0.39, 0.29) is 0 Å². The molecule has 1 unspecified atom stereocenters. The van der Waals surface area contributed by atoms with Crippen LogP contribution in [0.1, 0.15) is 43.8 Å². The Labute approximate surface area is 109 Å². The van der Waals surface area contributed by atoms with Crippen molar-refractivity contribution in [2.75, 3.05) is 13.1 Å². The summed E-state index contributed by atoms with van der Waals surface area (Å²) in [5.74, 6) is 4.02. The highest BCUT2D eigenvalue weighted by Crippen LogP contribution is 2.31. The Morgan fingerprint density at radius 1 is 1.11 bits per heavy atom. The Balaban J connectivity index is 1.66. The van der Waals surface area contributed by atoms with Gasteiger partial charge in [-0.3, -0.25) is 0 Å². The van der Waals surface area contributed by atoms with E-state index in [1.807, 2.05) is 0 Å². The summed E-state index contributed by atoms with van der Waals surface area (Å²) in [7, 11) is 0. The van der Waals surface area contributed by atoms with Gasteiger partial charge in [0.25, 0.3) is 0 Å². The quantitative estimate of drug-likeness (QED) is 0.885. The van der Waals surface area contributed by atoms with Crippen LogP contribution in [-0.2, 0) is 13.0 Å². The molecular formula is C14H24N4. The first-order valence-electron chi connectivity index (χ1n) is 7.42. The van der Waals surface area contributed by atoms with E-state index >= 15 is 0 Å². The molecule has 2 fully saturated rings. The van der Waals surface area contributed by atoms with E-state index in [2.05, 4.69) is 27.0 Å². The molecule has 1 aromatic rings. The number of hydrogen-bond acceptors (Lipinski definition) is 3. The summed E-state index contributed by atoms with van der Waals surface area (Å²) < 4.78 is 2.37. The molecule has 3 rings (SSSR count). The Kier molecular flexibility index (Phi) is 3.64. The second-order valence-corrected chi connectivity index (χ2v) is 5.97. The Bertz CT molecular complexity index is 386. The van der Waals surface area contributed by atoms with Crippen LogP contribution in [0.2, 0.25) is 0 Å². The van der Waals surface area contributed by atoms with Crippen molar-refractivity contribution < 1.29 is 0 Å². The molecule has 1 aliphatic carbocycles. The number of nitrogens with zero attached hydrogens (tertiary/aromatic N) is 3. The molecule has 1 atom stereocenters. The molecule has 2 heterocycles. The zero-order chi connectivity index (χ0) is 12.4. The fraction of sp³-hybridized carbons (Fsp3) is 0.857. The molecule has 2 aliphatic rings. The predicted molar refractivity (Wildman–Crippen MR) is 71.4 cm³/mol. The minimum Gasteiger partial charge on any atom is -0.317 e. The van der Waals surface area contributed by atoms with Gasteiger partial charge in [-0.05, 0) is 64.0 Å². The van der Waals surface area contributed by atoms with Crippen LogP contribution in [0.4, 0.5) is 0 Å². The van der Waals surface area contributed by atoms with Gasteiger partial charge in [-0.25, -0.2) is 0 Å². The number of aryl methyl sites for hydroxylation is 1. The highest BCUT2D eigenvalue weighted by Gasteiger charge is 2.25. The van der Waals surface area contributed by atoms with E-state index in [0.717, 1.165) is 30.6 Å². The zero-order valence-corrected chi connectivity index (χ0v) is 11.4. The number of rotatable bonds is 4. The molecule has 1 saturated carbocycles. The van der Waals surface area contributed by atoms with Crippen LogP contribution in [-0.4, -0.2) is 27.9 Å². The van der Waals surface area contributed by atoms with Crippen molar-refractivity contribution in [1.82, 2.24) is 20.1 Å². The van der Waals surface area contributed by atoms with E-state index < -0.39 is 0 Å². The number of aromatic nitrogens is 3. The monoisotopic (exact) mass is 248 g/mol. The van der Waals surface area contributed by atoms with Crippen LogP contribution in [0.15, 0.2) is 0 Å². The van der Waals surface area contributed by atoms with Crippen LogP contribution in [0.5, 0.6) is 0 Å². The van der Waals surface area contributed by atoms with Crippen molar-refractivity contribution in [2.45, 2.75) is 52.0 Å². The molecule has 18 heavy (non-hydrogen) atoms. The first-order valence-corrected chi connectivity index (χ1v) is 7.42. The Hall–Kier alpha value is -0.900. The molecule has 0 radical (unpaired) electrons. The second kappa shape index (κ2) is 5.39. The smallest absolute Gasteiger partial charge is 0.133 e. The van der Waals surface area contributed by atoms with Crippen molar-refractivity contribution in [2.24, 2.45) is 11.8 Å². The minimum atomic E-state index is 0.793. The minimum absolute atomic E-state index is 0.793. The highest BCUT2D eigenvalue weighted by atomic mass is 15.3. The highest BCUT2D eigenvalue weighted by molar-refractivity contribution is 4.97. The van der Waals surface area contributed by atoms with Crippen LogP contribution >= 0.6 is 0 Å². The van der Waals surface area contributed by atoms with Gasteiger partial charge in [0.15, 0.2) is 0 Å². The summed E-state index contributed by atoms with van der Waals surface area (Å²) >= 11 is 0. The number of hydrogen-bond donors (Lipinski definition) is 1.